The number of carbonyl (C=O) groups is 4. The largest absolute Gasteiger partial charge is 0.488 e. The number of rotatable bonds is 27. The maximum Gasteiger partial charge on any atom is 0.329 e. The van der Waals surface area contributed by atoms with Crippen molar-refractivity contribution in [2.45, 2.75) is 83.8 Å². The Kier molecular flexibility index (Phi) is 20.3. The summed E-state index contributed by atoms with van der Waals surface area (Å²) in [7, 11) is 0. The van der Waals surface area contributed by atoms with E-state index in [0.717, 1.165) is 17.1 Å². The van der Waals surface area contributed by atoms with Gasteiger partial charge in [-0.05, 0) is 101 Å². The number of esters is 1. The lowest BCUT2D eigenvalue weighted by Crippen LogP contribution is -2.35. The lowest BCUT2D eigenvalue weighted by Gasteiger charge is -2.35. The van der Waals surface area contributed by atoms with Crippen LogP contribution in [0.4, 0.5) is 5.82 Å². The maximum absolute atomic E-state index is 12.5. The predicted molar refractivity (Wildman–Crippen MR) is 205 cm³/mol. The summed E-state index contributed by atoms with van der Waals surface area (Å²) in [4.78, 5) is 52.1. The zero-order valence-corrected chi connectivity index (χ0v) is 33.4. The van der Waals surface area contributed by atoms with Crippen molar-refractivity contribution in [3.63, 3.8) is 0 Å². The van der Waals surface area contributed by atoms with E-state index in [1.165, 1.54) is 18.1 Å². The van der Waals surface area contributed by atoms with Crippen molar-refractivity contribution in [3.05, 3.63) is 48.2 Å². The minimum atomic E-state index is -1.04. The Balaban J connectivity index is 1.58. The Morgan fingerprint density at radius 2 is 1.37 bits per heavy atom. The van der Waals surface area contributed by atoms with Crippen LogP contribution < -0.4 is 20.1 Å². The van der Waals surface area contributed by atoms with E-state index in [0.29, 0.717) is 30.8 Å². The third kappa shape index (κ3) is 22.3. The molecule has 1 aromatic heterocycles. The molecular weight excluding hydrogens is 721 g/mol. The van der Waals surface area contributed by atoms with Crippen molar-refractivity contribution in [2.75, 3.05) is 70.7 Å². The second-order valence-corrected chi connectivity index (χ2v) is 15.6. The zero-order chi connectivity index (χ0) is 40.0. The first-order valence-electron chi connectivity index (χ1n) is 17.9. The monoisotopic (exact) mass is 778 g/mol. The number of carboxylic acid groups (broad SMARTS) is 1. The van der Waals surface area contributed by atoms with Crippen LogP contribution in [0.15, 0.2) is 47.5 Å². The number of nitrogens with one attached hydrogen (secondary N) is 3. The van der Waals surface area contributed by atoms with Gasteiger partial charge in [-0.2, -0.15) is 0 Å². The summed E-state index contributed by atoms with van der Waals surface area (Å²) in [5.74, 6) is -0.460. The molecule has 0 aliphatic carbocycles. The molecule has 0 aliphatic rings. The number of hydrogen-bond acceptors (Lipinski definition) is 13. The number of nitrogens with zero attached hydrogens (tertiary/aromatic N) is 1. The Hall–Kier alpha value is -3.96. The van der Waals surface area contributed by atoms with E-state index in [9.17, 15) is 19.2 Å². The molecule has 1 aromatic carbocycles. The van der Waals surface area contributed by atoms with Crippen LogP contribution in [-0.2, 0) is 38.1 Å². The minimum absolute atomic E-state index is 0.123. The predicted octanol–water partition coefficient (Wildman–Crippen LogP) is 4.89. The van der Waals surface area contributed by atoms with Gasteiger partial charge in [0.05, 0.1) is 45.2 Å². The zero-order valence-electron chi connectivity index (χ0n) is 32.6. The number of hydrogen-bond donors (Lipinski definition) is 4. The van der Waals surface area contributed by atoms with Gasteiger partial charge in [-0.3, -0.25) is 14.4 Å². The molecule has 15 nitrogen and oxygen atoms in total. The Labute approximate surface area is 323 Å². The third-order valence-corrected chi connectivity index (χ3v) is 7.97. The molecule has 0 saturated heterocycles. The average Bonchev–Trinajstić information content (AvgIpc) is 3.08. The van der Waals surface area contributed by atoms with Gasteiger partial charge in [-0.25, -0.2) is 9.78 Å². The Morgan fingerprint density at radius 1 is 0.759 bits per heavy atom. The van der Waals surface area contributed by atoms with Crippen LogP contribution in [0.2, 0.25) is 0 Å². The van der Waals surface area contributed by atoms with E-state index in [2.05, 4.69) is 48.0 Å². The molecule has 54 heavy (non-hydrogen) atoms. The van der Waals surface area contributed by atoms with Crippen molar-refractivity contribution < 1.29 is 52.7 Å². The lowest BCUT2D eigenvalue weighted by molar-refractivity contribution is -0.155. The SMILES string of the molecule is CC(C)(CCC(=O)OC(C)(C)C)CC(C)(C)Oc1ccc(SNc2ccc(C(=O)NCCOCCOCC(=O)NCCOCCOCC(=O)O)cn2)cc1. The number of aromatic nitrogens is 1. The van der Waals surface area contributed by atoms with Crippen LogP contribution >= 0.6 is 11.9 Å². The molecule has 2 aromatic rings. The summed E-state index contributed by atoms with van der Waals surface area (Å²) >= 11 is 1.39. The molecule has 0 radical (unpaired) electrons. The topological polar surface area (TPSA) is 193 Å². The van der Waals surface area contributed by atoms with Crippen molar-refractivity contribution in [3.8, 4) is 5.75 Å². The molecule has 2 rings (SSSR count). The van der Waals surface area contributed by atoms with Gasteiger partial charge < -0.3 is 48.9 Å². The molecule has 0 unspecified atom stereocenters. The second kappa shape index (κ2) is 23.7. The van der Waals surface area contributed by atoms with Gasteiger partial charge in [0, 0.05) is 30.6 Å². The molecule has 1 heterocycles. The fourth-order valence-electron chi connectivity index (χ4n) is 5.12. The first kappa shape index (κ1) is 46.2. The fourth-order valence-corrected chi connectivity index (χ4v) is 5.74. The van der Waals surface area contributed by atoms with E-state index in [1.54, 1.807) is 12.1 Å². The number of benzene rings is 1. The standard InChI is InChI=1S/C38H58N4O11S/c1-36(2,3)53-34(46)14-15-37(4,5)27-38(6,7)52-29-9-11-30(12-10-29)54-42-31-13-8-28(24-41-31)35(47)40-17-19-49-20-22-50-25-32(43)39-16-18-48-21-23-51-26-33(44)45/h8-13,24H,14-23,25-27H2,1-7H3,(H,39,43)(H,40,47)(H,41,42)(H,44,45). The van der Waals surface area contributed by atoms with Crippen molar-refractivity contribution >= 4 is 41.5 Å². The molecule has 0 fully saturated rings. The highest BCUT2D eigenvalue weighted by molar-refractivity contribution is 8.00. The number of anilines is 1. The highest BCUT2D eigenvalue weighted by Gasteiger charge is 2.31. The maximum atomic E-state index is 12.5. The normalized spacial score (nSPS) is 11.8. The first-order chi connectivity index (χ1) is 25.4. The van der Waals surface area contributed by atoms with Gasteiger partial charge in [0.2, 0.25) is 5.91 Å². The number of ether oxygens (including phenoxy) is 6. The third-order valence-electron chi connectivity index (χ3n) is 7.15. The van der Waals surface area contributed by atoms with Crippen molar-refractivity contribution in [1.82, 2.24) is 15.6 Å². The minimum Gasteiger partial charge on any atom is -0.488 e. The van der Waals surface area contributed by atoms with Crippen molar-refractivity contribution in [2.24, 2.45) is 5.41 Å². The lowest BCUT2D eigenvalue weighted by atomic mass is 9.78. The van der Waals surface area contributed by atoms with Crippen LogP contribution in [0.5, 0.6) is 5.75 Å². The molecule has 2 amide bonds. The van der Waals surface area contributed by atoms with E-state index in [4.69, 9.17) is 33.5 Å². The molecule has 0 spiro atoms. The number of amides is 2. The van der Waals surface area contributed by atoms with Crippen LogP contribution in [0.3, 0.4) is 0 Å². The van der Waals surface area contributed by atoms with E-state index in [1.807, 2.05) is 45.0 Å². The molecule has 0 aliphatic heterocycles. The van der Waals surface area contributed by atoms with Gasteiger partial charge in [0.15, 0.2) is 0 Å². The number of carboxylic acids is 1. The Morgan fingerprint density at radius 3 is 1.96 bits per heavy atom. The molecule has 16 heteroatoms. The van der Waals surface area contributed by atoms with Crippen LogP contribution in [0.1, 0.15) is 78.1 Å². The van der Waals surface area contributed by atoms with Gasteiger partial charge in [-0.15, -0.1) is 0 Å². The molecule has 0 saturated carbocycles. The fraction of sp³-hybridized carbons (Fsp3) is 0.605. The second-order valence-electron chi connectivity index (χ2n) is 14.7. The highest BCUT2D eigenvalue weighted by Crippen LogP contribution is 2.36. The molecule has 0 bridgehead atoms. The van der Waals surface area contributed by atoms with E-state index in [-0.39, 0.29) is 82.6 Å². The van der Waals surface area contributed by atoms with Gasteiger partial charge >= 0.3 is 11.9 Å². The van der Waals surface area contributed by atoms with Crippen LogP contribution in [0.25, 0.3) is 0 Å². The summed E-state index contributed by atoms with van der Waals surface area (Å²) in [6.07, 6.45) is 3.31. The van der Waals surface area contributed by atoms with Gasteiger partial charge in [0.25, 0.3) is 5.91 Å². The van der Waals surface area contributed by atoms with Gasteiger partial charge in [-0.1, -0.05) is 13.8 Å². The van der Waals surface area contributed by atoms with Crippen molar-refractivity contribution in [1.29, 1.82) is 0 Å². The molecule has 302 valence electrons. The van der Waals surface area contributed by atoms with E-state index < -0.39 is 17.2 Å². The summed E-state index contributed by atoms with van der Waals surface area (Å²) in [5, 5.41) is 13.9. The van der Waals surface area contributed by atoms with Crippen LogP contribution in [0, 0.1) is 5.41 Å². The first-order valence-corrected chi connectivity index (χ1v) is 18.7. The summed E-state index contributed by atoms with van der Waals surface area (Å²) in [6, 6.07) is 11.2. The number of carbonyl (C=O) groups excluding carboxylic acids is 3. The smallest absolute Gasteiger partial charge is 0.329 e. The Bertz CT molecular complexity index is 1430. The number of pyridine rings is 1. The number of aliphatic carboxylic acids is 1. The molecular formula is C38H58N4O11S. The van der Waals surface area contributed by atoms with Gasteiger partial charge in [0.1, 0.15) is 36.0 Å². The summed E-state index contributed by atoms with van der Waals surface area (Å²) in [6.45, 7) is 15.5. The highest BCUT2D eigenvalue weighted by atomic mass is 32.2. The molecule has 4 N–H and O–H groups in total. The summed E-state index contributed by atoms with van der Waals surface area (Å²) < 4.78 is 35.7. The average molecular weight is 779 g/mol. The molecule has 0 atom stereocenters. The van der Waals surface area contributed by atoms with Crippen LogP contribution in [-0.4, -0.2) is 111 Å². The van der Waals surface area contributed by atoms with E-state index >= 15 is 0 Å². The quantitative estimate of drug-likeness (QED) is 0.0544. The summed E-state index contributed by atoms with van der Waals surface area (Å²) in [5.41, 5.74) is -0.649.